The Kier molecular flexibility index (Phi) is 5.97. The van der Waals surface area contributed by atoms with Crippen LogP contribution >= 0.6 is 0 Å². The first-order chi connectivity index (χ1) is 12.4. The first-order valence-electron chi connectivity index (χ1n) is 9.29. The highest BCUT2D eigenvalue weighted by Gasteiger charge is 2.27. The molecule has 0 amide bonds. The molecule has 3 atom stereocenters. The predicted octanol–water partition coefficient (Wildman–Crippen LogP) is 2.74. The SMILES string of the molecule is C[C@@H]1CCC[C@H](C)N1C[C@@H](O)CNS(=O)(=O)c1ccc2ccccc2c1. The predicted molar refractivity (Wildman–Crippen MR) is 105 cm³/mol. The number of piperidine rings is 1. The number of likely N-dealkylation sites (tertiary alicyclic amines) is 1. The summed E-state index contributed by atoms with van der Waals surface area (Å²) in [6.07, 6.45) is 2.73. The van der Waals surface area contributed by atoms with Gasteiger partial charge in [-0.2, -0.15) is 0 Å². The van der Waals surface area contributed by atoms with Crippen molar-refractivity contribution in [2.75, 3.05) is 13.1 Å². The van der Waals surface area contributed by atoms with E-state index in [4.69, 9.17) is 0 Å². The molecule has 2 aromatic carbocycles. The molecule has 1 aliphatic heterocycles. The molecular weight excluding hydrogens is 348 g/mol. The normalized spacial score (nSPS) is 23.2. The second-order valence-electron chi connectivity index (χ2n) is 7.34. The Bertz CT molecular complexity index is 843. The first-order valence-corrected chi connectivity index (χ1v) is 10.8. The van der Waals surface area contributed by atoms with Crippen LogP contribution in [0.2, 0.25) is 0 Å². The standard InChI is InChI=1S/C20H28N2O3S/c1-15-6-5-7-16(2)22(15)14-19(23)13-21-26(24,25)20-11-10-17-8-3-4-9-18(17)12-20/h3-4,8-12,15-16,19,21,23H,5-7,13-14H2,1-2H3/t15-,16+,19-/m0/s1. The molecule has 1 heterocycles. The summed E-state index contributed by atoms with van der Waals surface area (Å²) in [5.41, 5.74) is 0. The lowest BCUT2D eigenvalue weighted by Crippen LogP contribution is -2.49. The molecule has 0 aliphatic carbocycles. The van der Waals surface area contributed by atoms with Gasteiger partial charge >= 0.3 is 0 Å². The molecule has 26 heavy (non-hydrogen) atoms. The molecule has 3 rings (SSSR count). The number of hydrogen-bond acceptors (Lipinski definition) is 4. The van der Waals surface area contributed by atoms with E-state index in [0.29, 0.717) is 18.6 Å². The lowest BCUT2D eigenvalue weighted by Gasteiger charge is -2.40. The van der Waals surface area contributed by atoms with E-state index in [1.165, 1.54) is 6.42 Å². The number of sulfonamides is 1. The van der Waals surface area contributed by atoms with E-state index in [0.717, 1.165) is 23.6 Å². The fraction of sp³-hybridized carbons (Fsp3) is 0.500. The summed E-state index contributed by atoms with van der Waals surface area (Å²) in [6.45, 7) is 4.84. The third kappa shape index (κ3) is 4.43. The van der Waals surface area contributed by atoms with E-state index in [-0.39, 0.29) is 11.4 Å². The highest BCUT2D eigenvalue weighted by molar-refractivity contribution is 7.89. The number of hydrogen-bond donors (Lipinski definition) is 2. The average molecular weight is 377 g/mol. The van der Waals surface area contributed by atoms with Gasteiger partial charge in [0.2, 0.25) is 10.0 Å². The minimum Gasteiger partial charge on any atom is -0.390 e. The third-order valence-corrected chi connectivity index (χ3v) is 6.76. The van der Waals surface area contributed by atoms with Crippen LogP contribution in [0.25, 0.3) is 10.8 Å². The second kappa shape index (κ2) is 8.05. The second-order valence-corrected chi connectivity index (χ2v) is 9.11. The lowest BCUT2D eigenvalue weighted by molar-refractivity contribution is 0.0438. The molecule has 0 saturated carbocycles. The largest absolute Gasteiger partial charge is 0.390 e. The highest BCUT2D eigenvalue weighted by Crippen LogP contribution is 2.22. The monoisotopic (exact) mass is 376 g/mol. The Balaban J connectivity index is 1.63. The average Bonchev–Trinajstić information content (AvgIpc) is 2.63. The molecule has 0 radical (unpaired) electrons. The number of aliphatic hydroxyl groups excluding tert-OH is 1. The molecule has 2 N–H and O–H groups in total. The Labute approximate surface area is 156 Å². The van der Waals surface area contributed by atoms with Gasteiger partial charge in [-0.1, -0.05) is 36.8 Å². The number of nitrogens with zero attached hydrogens (tertiary/aromatic N) is 1. The van der Waals surface area contributed by atoms with Crippen molar-refractivity contribution in [2.45, 2.75) is 56.2 Å². The lowest BCUT2D eigenvalue weighted by atomic mass is 9.97. The maximum atomic E-state index is 12.6. The van der Waals surface area contributed by atoms with Crippen LogP contribution < -0.4 is 4.72 Å². The minimum atomic E-state index is -3.64. The summed E-state index contributed by atoms with van der Waals surface area (Å²) in [5.74, 6) is 0. The summed E-state index contributed by atoms with van der Waals surface area (Å²) in [5, 5.41) is 12.2. The summed E-state index contributed by atoms with van der Waals surface area (Å²) in [7, 11) is -3.64. The van der Waals surface area contributed by atoms with Gasteiger partial charge in [-0.25, -0.2) is 13.1 Å². The van der Waals surface area contributed by atoms with Gasteiger partial charge in [-0.15, -0.1) is 0 Å². The summed E-state index contributed by atoms with van der Waals surface area (Å²) in [6, 6.07) is 13.6. The van der Waals surface area contributed by atoms with E-state index in [9.17, 15) is 13.5 Å². The van der Waals surface area contributed by atoms with Crippen molar-refractivity contribution < 1.29 is 13.5 Å². The molecule has 6 heteroatoms. The van der Waals surface area contributed by atoms with Crippen LogP contribution in [0.5, 0.6) is 0 Å². The Morgan fingerprint density at radius 1 is 1.12 bits per heavy atom. The van der Waals surface area contributed by atoms with Crippen molar-refractivity contribution in [1.29, 1.82) is 0 Å². The maximum absolute atomic E-state index is 12.6. The summed E-state index contributed by atoms with van der Waals surface area (Å²) in [4.78, 5) is 2.50. The van der Waals surface area contributed by atoms with Crippen LogP contribution in [0.1, 0.15) is 33.1 Å². The zero-order valence-electron chi connectivity index (χ0n) is 15.4. The number of β-amino-alcohol motifs (C(OH)–C–C–N with tert-alkyl or cyclic N) is 1. The van der Waals surface area contributed by atoms with Gasteiger partial charge in [0.15, 0.2) is 0 Å². The molecule has 0 unspecified atom stereocenters. The van der Waals surface area contributed by atoms with Gasteiger partial charge in [0.1, 0.15) is 0 Å². The van der Waals surface area contributed by atoms with Gasteiger partial charge in [0.25, 0.3) is 0 Å². The number of rotatable bonds is 6. The smallest absolute Gasteiger partial charge is 0.240 e. The van der Waals surface area contributed by atoms with Crippen molar-refractivity contribution in [3.05, 3.63) is 42.5 Å². The number of benzene rings is 2. The van der Waals surface area contributed by atoms with Crippen molar-refractivity contribution >= 4 is 20.8 Å². The van der Waals surface area contributed by atoms with Crippen LogP contribution in [0.3, 0.4) is 0 Å². The zero-order chi connectivity index (χ0) is 18.7. The van der Waals surface area contributed by atoms with Crippen LogP contribution in [-0.4, -0.2) is 49.7 Å². The van der Waals surface area contributed by atoms with Gasteiger partial charge < -0.3 is 5.11 Å². The van der Waals surface area contributed by atoms with E-state index in [1.807, 2.05) is 24.3 Å². The number of nitrogens with one attached hydrogen (secondary N) is 1. The molecule has 1 aliphatic rings. The van der Waals surface area contributed by atoms with Crippen LogP contribution in [0.4, 0.5) is 0 Å². The van der Waals surface area contributed by atoms with Gasteiger partial charge in [0.05, 0.1) is 11.0 Å². The molecular formula is C20H28N2O3S. The number of fused-ring (bicyclic) bond motifs is 1. The van der Waals surface area contributed by atoms with Gasteiger partial charge in [-0.05, 0) is 49.6 Å². The van der Waals surface area contributed by atoms with E-state index in [2.05, 4.69) is 23.5 Å². The minimum absolute atomic E-state index is 0.0189. The van der Waals surface area contributed by atoms with Crippen molar-refractivity contribution in [3.8, 4) is 0 Å². The van der Waals surface area contributed by atoms with E-state index >= 15 is 0 Å². The van der Waals surface area contributed by atoms with Crippen molar-refractivity contribution in [2.24, 2.45) is 0 Å². The molecule has 2 aromatic rings. The zero-order valence-corrected chi connectivity index (χ0v) is 16.2. The Hall–Kier alpha value is -1.47. The first kappa shape index (κ1) is 19.3. The molecule has 0 bridgehead atoms. The quantitative estimate of drug-likeness (QED) is 0.813. The van der Waals surface area contributed by atoms with Crippen LogP contribution in [0.15, 0.2) is 47.4 Å². The molecule has 0 spiro atoms. The molecule has 0 aromatic heterocycles. The number of aliphatic hydroxyl groups is 1. The molecule has 5 nitrogen and oxygen atoms in total. The maximum Gasteiger partial charge on any atom is 0.240 e. The fourth-order valence-electron chi connectivity index (χ4n) is 3.77. The molecule has 1 saturated heterocycles. The summed E-state index contributed by atoms with van der Waals surface area (Å²) >= 11 is 0. The van der Waals surface area contributed by atoms with Crippen LogP contribution in [0, 0.1) is 0 Å². The molecule has 142 valence electrons. The van der Waals surface area contributed by atoms with Crippen molar-refractivity contribution in [3.63, 3.8) is 0 Å². The van der Waals surface area contributed by atoms with E-state index in [1.54, 1.807) is 18.2 Å². The molecule has 1 fully saturated rings. The van der Waals surface area contributed by atoms with E-state index < -0.39 is 16.1 Å². The Morgan fingerprint density at radius 3 is 2.46 bits per heavy atom. The highest BCUT2D eigenvalue weighted by atomic mass is 32.2. The third-order valence-electron chi connectivity index (χ3n) is 5.34. The topological polar surface area (TPSA) is 69.6 Å². The summed E-state index contributed by atoms with van der Waals surface area (Å²) < 4.78 is 27.7. The van der Waals surface area contributed by atoms with Crippen molar-refractivity contribution in [1.82, 2.24) is 9.62 Å². The fourth-order valence-corrected chi connectivity index (χ4v) is 4.87. The Morgan fingerprint density at radius 2 is 1.77 bits per heavy atom. The van der Waals surface area contributed by atoms with Crippen LogP contribution in [-0.2, 0) is 10.0 Å². The van der Waals surface area contributed by atoms with Gasteiger partial charge in [0, 0.05) is 25.2 Å². The van der Waals surface area contributed by atoms with Gasteiger partial charge in [-0.3, -0.25) is 4.90 Å².